The van der Waals surface area contributed by atoms with Gasteiger partial charge in [-0.15, -0.1) is 0 Å². The summed E-state index contributed by atoms with van der Waals surface area (Å²) in [5, 5.41) is 3.00. The molecule has 0 radical (unpaired) electrons. The summed E-state index contributed by atoms with van der Waals surface area (Å²) in [4.78, 5) is 25.1. The fraction of sp³-hybridized carbons (Fsp3) is 0.615. The van der Waals surface area contributed by atoms with Gasteiger partial charge in [-0.2, -0.15) is 0 Å². The predicted octanol–water partition coefficient (Wildman–Crippen LogP) is -0.123. The van der Waals surface area contributed by atoms with Crippen molar-refractivity contribution >= 4 is 11.7 Å². The van der Waals surface area contributed by atoms with Crippen LogP contribution in [0.25, 0.3) is 0 Å². The van der Waals surface area contributed by atoms with Crippen molar-refractivity contribution in [2.75, 3.05) is 38.1 Å². The third-order valence-electron chi connectivity index (χ3n) is 4.35. The Balaban J connectivity index is 1.73. The van der Waals surface area contributed by atoms with Gasteiger partial charge in [-0.25, -0.2) is 4.98 Å². The van der Waals surface area contributed by atoms with E-state index in [4.69, 9.17) is 0 Å². The summed E-state index contributed by atoms with van der Waals surface area (Å²) in [5.74, 6) is 1.08. The number of hydrogen-bond donors (Lipinski definition) is 1. The van der Waals surface area contributed by atoms with E-state index in [0.29, 0.717) is 0 Å². The fourth-order valence-electron chi connectivity index (χ4n) is 3.06. The minimum atomic E-state index is -0.322. The van der Waals surface area contributed by atoms with Crippen molar-refractivity contribution in [1.29, 1.82) is 0 Å². The van der Waals surface area contributed by atoms with Gasteiger partial charge in [-0.3, -0.25) is 14.7 Å². The van der Waals surface area contributed by atoms with E-state index in [1.54, 1.807) is 18.6 Å². The van der Waals surface area contributed by atoms with Crippen molar-refractivity contribution in [2.24, 2.45) is 0 Å². The number of likely N-dealkylation sites (N-methyl/N-ethyl adjacent to an activating group) is 1. The first-order chi connectivity index (χ1) is 9.22. The highest BCUT2D eigenvalue weighted by Gasteiger charge is 2.46. The van der Waals surface area contributed by atoms with Crippen LogP contribution in [-0.2, 0) is 4.79 Å². The minimum absolute atomic E-state index is 0.181. The molecule has 0 unspecified atom stereocenters. The molecule has 1 N–H and O–H groups in total. The lowest BCUT2D eigenvalue weighted by Gasteiger charge is -2.48. The number of hydrogen-bond acceptors (Lipinski definition) is 5. The average molecular weight is 261 g/mol. The quantitative estimate of drug-likeness (QED) is 0.763. The van der Waals surface area contributed by atoms with Gasteiger partial charge in [0, 0.05) is 38.6 Å². The maximum absolute atomic E-state index is 12.2. The zero-order chi connectivity index (χ0) is 13.3. The van der Waals surface area contributed by atoms with Gasteiger partial charge in [0.1, 0.15) is 11.4 Å². The number of piperazine rings is 1. The van der Waals surface area contributed by atoms with Gasteiger partial charge in [0.05, 0.1) is 6.20 Å². The number of aromatic nitrogens is 2. The molecule has 3 heterocycles. The Kier molecular flexibility index (Phi) is 3.10. The van der Waals surface area contributed by atoms with Crippen LogP contribution in [0.1, 0.15) is 12.8 Å². The van der Waals surface area contributed by atoms with E-state index in [1.165, 1.54) is 0 Å². The standard InChI is InChI=1S/C13H19N5O/c1-17-9-6-16-12(19)13(17)2-7-18(8-3-13)11-10-14-4-5-15-11/h4-5,10H,2-3,6-9H2,1H3,(H,16,19). The Morgan fingerprint density at radius 1 is 1.26 bits per heavy atom. The zero-order valence-electron chi connectivity index (χ0n) is 11.2. The number of piperidine rings is 1. The van der Waals surface area contributed by atoms with Gasteiger partial charge in [-0.05, 0) is 19.9 Å². The van der Waals surface area contributed by atoms with E-state index < -0.39 is 0 Å². The molecule has 1 amide bonds. The molecule has 0 bridgehead atoms. The number of anilines is 1. The average Bonchev–Trinajstić information content (AvgIpc) is 2.47. The van der Waals surface area contributed by atoms with Crippen molar-refractivity contribution in [3.63, 3.8) is 0 Å². The third-order valence-corrected chi connectivity index (χ3v) is 4.35. The Hall–Kier alpha value is -1.69. The van der Waals surface area contributed by atoms with Crippen molar-refractivity contribution in [2.45, 2.75) is 18.4 Å². The first-order valence-corrected chi connectivity index (χ1v) is 6.73. The van der Waals surface area contributed by atoms with E-state index in [9.17, 15) is 4.79 Å². The first kappa shape index (κ1) is 12.3. The topological polar surface area (TPSA) is 61.4 Å². The number of carbonyl (C=O) groups is 1. The molecule has 0 aromatic carbocycles. The van der Waals surface area contributed by atoms with Crippen LogP contribution in [0.2, 0.25) is 0 Å². The monoisotopic (exact) mass is 261 g/mol. The Morgan fingerprint density at radius 2 is 2.05 bits per heavy atom. The van der Waals surface area contributed by atoms with E-state index in [1.807, 2.05) is 0 Å². The van der Waals surface area contributed by atoms with Crippen molar-refractivity contribution < 1.29 is 4.79 Å². The van der Waals surface area contributed by atoms with E-state index >= 15 is 0 Å². The van der Waals surface area contributed by atoms with E-state index in [2.05, 4.69) is 32.1 Å². The van der Waals surface area contributed by atoms with E-state index in [0.717, 1.165) is 44.8 Å². The second-order valence-electron chi connectivity index (χ2n) is 5.26. The normalized spacial score (nSPS) is 23.4. The highest BCUT2D eigenvalue weighted by atomic mass is 16.2. The predicted molar refractivity (Wildman–Crippen MR) is 71.8 cm³/mol. The zero-order valence-corrected chi connectivity index (χ0v) is 11.2. The largest absolute Gasteiger partial charge is 0.355 e. The summed E-state index contributed by atoms with van der Waals surface area (Å²) >= 11 is 0. The highest BCUT2D eigenvalue weighted by Crippen LogP contribution is 2.31. The van der Waals surface area contributed by atoms with Crippen molar-refractivity contribution in [3.05, 3.63) is 18.6 Å². The smallest absolute Gasteiger partial charge is 0.240 e. The highest BCUT2D eigenvalue weighted by molar-refractivity contribution is 5.87. The maximum atomic E-state index is 12.2. The van der Waals surface area contributed by atoms with Crippen LogP contribution in [0.5, 0.6) is 0 Å². The molecule has 1 spiro atoms. The van der Waals surface area contributed by atoms with Gasteiger partial charge in [0.25, 0.3) is 0 Å². The van der Waals surface area contributed by atoms with Gasteiger partial charge in [0.2, 0.25) is 5.91 Å². The second-order valence-corrected chi connectivity index (χ2v) is 5.26. The lowest BCUT2D eigenvalue weighted by atomic mass is 9.83. The summed E-state index contributed by atoms with van der Waals surface area (Å²) in [6, 6.07) is 0. The number of rotatable bonds is 1. The summed E-state index contributed by atoms with van der Waals surface area (Å²) in [7, 11) is 2.05. The van der Waals surface area contributed by atoms with Gasteiger partial charge in [-0.1, -0.05) is 0 Å². The minimum Gasteiger partial charge on any atom is -0.355 e. The van der Waals surface area contributed by atoms with Gasteiger partial charge >= 0.3 is 0 Å². The van der Waals surface area contributed by atoms with E-state index in [-0.39, 0.29) is 11.4 Å². The summed E-state index contributed by atoms with van der Waals surface area (Å²) in [6.45, 7) is 3.37. The van der Waals surface area contributed by atoms with Crippen molar-refractivity contribution in [3.8, 4) is 0 Å². The molecule has 6 nitrogen and oxygen atoms in total. The number of nitrogens with one attached hydrogen (secondary N) is 1. The third kappa shape index (κ3) is 2.06. The molecule has 2 aliphatic heterocycles. The van der Waals surface area contributed by atoms with Crippen LogP contribution in [-0.4, -0.2) is 59.5 Å². The number of carbonyl (C=O) groups excluding carboxylic acids is 1. The summed E-state index contributed by atoms with van der Waals surface area (Å²) in [6.07, 6.45) is 6.84. The molecular formula is C13H19N5O. The molecular weight excluding hydrogens is 242 g/mol. The molecule has 6 heteroatoms. The maximum Gasteiger partial charge on any atom is 0.240 e. The Morgan fingerprint density at radius 3 is 2.68 bits per heavy atom. The van der Waals surface area contributed by atoms with Gasteiger partial charge in [0.15, 0.2) is 0 Å². The molecule has 1 aromatic heterocycles. The lowest BCUT2D eigenvalue weighted by molar-refractivity contribution is -0.137. The second kappa shape index (κ2) is 4.77. The van der Waals surface area contributed by atoms with Crippen LogP contribution in [0, 0.1) is 0 Å². The summed E-state index contributed by atoms with van der Waals surface area (Å²) in [5.41, 5.74) is -0.322. The van der Waals surface area contributed by atoms with Crippen LogP contribution in [0.15, 0.2) is 18.6 Å². The Bertz CT molecular complexity index is 455. The van der Waals surface area contributed by atoms with Crippen molar-refractivity contribution in [1.82, 2.24) is 20.2 Å². The molecule has 3 rings (SSSR count). The fourth-order valence-corrected chi connectivity index (χ4v) is 3.06. The van der Waals surface area contributed by atoms with Crippen LogP contribution in [0.3, 0.4) is 0 Å². The molecule has 19 heavy (non-hydrogen) atoms. The molecule has 0 aliphatic carbocycles. The molecule has 102 valence electrons. The molecule has 2 fully saturated rings. The molecule has 0 saturated carbocycles. The Labute approximate surface area is 112 Å². The van der Waals surface area contributed by atoms with Crippen LogP contribution < -0.4 is 10.2 Å². The van der Waals surface area contributed by atoms with Crippen LogP contribution >= 0.6 is 0 Å². The van der Waals surface area contributed by atoms with Crippen LogP contribution in [0.4, 0.5) is 5.82 Å². The SMILES string of the molecule is CN1CCNC(=O)C12CCN(c1cnccn1)CC2. The number of amides is 1. The summed E-state index contributed by atoms with van der Waals surface area (Å²) < 4.78 is 0. The first-order valence-electron chi connectivity index (χ1n) is 6.73. The number of nitrogens with zero attached hydrogens (tertiary/aromatic N) is 4. The molecule has 2 saturated heterocycles. The molecule has 0 atom stereocenters. The molecule has 2 aliphatic rings. The lowest BCUT2D eigenvalue weighted by Crippen LogP contribution is -2.66. The molecule has 1 aromatic rings. The van der Waals surface area contributed by atoms with Gasteiger partial charge < -0.3 is 10.2 Å².